The van der Waals surface area contributed by atoms with Crippen LogP contribution in [0.1, 0.15) is 39.0 Å². The van der Waals surface area contributed by atoms with Gasteiger partial charge in [0.15, 0.2) is 5.16 Å². The number of para-hydroxylation sites is 1. The molecule has 0 amide bonds. The number of aliphatic hydroxyl groups is 1. The van der Waals surface area contributed by atoms with E-state index in [2.05, 4.69) is 4.98 Å². The van der Waals surface area contributed by atoms with Crippen molar-refractivity contribution >= 4 is 33.8 Å². The molecule has 2 aliphatic rings. The molecule has 7 nitrogen and oxygen atoms in total. The molecule has 1 aromatic heterocycles. The van der Waals surface area contributed by atoms with Crippen molar-refractivity contribution in [3.63, 3.8) is 0 Å². The third-order valence-corrected chi connectivity index (χ3v) is 6.12. The number of nitrogens with zero attached hydrogens (tertiary/aromatic N) is 3. The van der Waals surface area contributed by atoms with E-state index < -0.39 is 11.7 Å². The molecule has 144 valence electrons. The van der Waals surface area contributed by atoms with Gasteiger partial charge < -0.3 is 14.6 Å². The molecule has 8 heteroatoms. The topological polar surface area (TPSA) is 85.9 Å². The lowest BCUT2D eigenvalue weighted by molar-refractivity contribution is -0.165. The van der Waals surface area contributed by atoms with Crippen molar-refractivity contribution in [2.75, 3.05) is 13.7 Å². The first kappa shape index (κ1) is 18.3. The van der Waals surface area contributed by atoms with E-state index in [1.54, 1.807) is 20.1 Å². The number of aliphatic imine (C=N–C) groups is 1. The normalized spacial score (nSPS) is 24.3. The summed E-state index contributed by atoms with van der Waals surface area (Å²) in [5, 5.41) is 12.4. The zero-order valence-corrected chi connectivity index (χ0v) is 16.3. The number of hydrogen-bond acceptors (Lipinski definition) is 7. The summed E-state index contributed by atoms with van der Waals surface area (Å²) in [5.74, 6) is -0.139. The number of esters is 1. The van der Waals surface area contributed by atoms with Gasteiger partial charge in [-0.25, -0.2) is 9.78 Å². The van der Waals surface area contributed by atoms with E-state index in [4.69, 9.17) is 14.5 Å². The molecule has 1 N–H and O–H groups in total. The van der Waals surface area contributed by atoms with Crippen LogP contribution in [-0.2, 0) is 15.3 Å². The number of thioether (sulfide) groups is 1. The summed E-state index contributed by atoms with van der Waals surface area (Å²) in [6.07, 6.45) is 5.39. The maximum Gasteiger partial charge on any atom is 0.367 e. The molecule has 0 saturated heterocycles. The van der Waals surface area contributed by atoms with Crippen LogP contribution in [0.25, 0.3) is 11.0 Å². The minimum absolute atomic E-state index is 0.118. The Hall–Kier alpha value is -2.06. The van der Waals surface area contributed by atoms with Crippen molar-refractivity contribution in [2.45, 2.75) is 56.0 Å². The molecule has 1 aromatic carbocycles. The van der Waals surface area contributed by atoms with Gasteiger partial charge in [-0.05, 0) is 43.7 Å². The summed E-state index contributed by atoms with van der Waals surface area (Å²) in [5.41, 5.74) is -0.780. The highest BCUT2D eigenvalue weighted by molar-refractivity contribution is 8.14. The smallest absolute Gasteiger partial charge is 0.367 e. The minimum Gasteiger partial charge on any atom is -0.494 e. The third kappa shape index (κ3) is 2.91. The number of carbonyl (C=O) groups excluding carboxylic acids is 1. The summed E-state index contributed by atoms with van der Waals surface area (Å²) in [4.78, 5) is 22.2. The largest absolute Gasteiger partial charge is 0.494 e. The number of methoxy groups -OCH3 is 1. The standard InChI is InChI=1S/C19H23N3O4S/c1-3-26-17(23)19(24)16(20-12-8-5-4-6-9-12)27-18-21-15-13(22(18)19)10-7-11-14(15)25-2/h7,10-12,24H,3-6,8-9H2,1-2H3. The van der Waals surface area contributed by atoms with Crippen LogP contribution in [0.3, 0.4) is 0 Å². The Balaban J connectivity index is 1.85. The number of aromatic nitrogens is 2. The molecule has 1 unspecified atom stereocenters. The quantitative estimate of drug-likeness (QED) is 0.809. The second-order valence-corrected chi connectivity index (χ2v) is 7.73. The van der Waals surface area contributed by atoms with E-state index in [1.165, 1.54) is 22.7 Å². The van der Waals surface area contributed by atoms with Crippen LogP contribution in [0.15, 0.2) is 28.3 Å². The summed E-state index contributed by atoms with van der Waals surface area (Å²) in [6, 6.07) is 5.54. The first-order chi connectivity index (χ1) is 13.1. The maximum absolute atomic E-state index is 12.8. The molecule has 2 aromatic rings. The van der Waals surface area contributed by atoms with E-state index in [1.807, 2.05) is 12.1 Å². The van der Waals surface area contributed by atoms with Gasteiger partial charge in [-0.3, -0.25) is 9.56 Å². The van der Waals surface area contributed by atoms with E-state index in [0.717, 1.165) is 25.7 Å². The highest BCUT2D eigenvalue weighted by Gasteiger charge is 2.53. The second-order valence-electron chi connectivity index (χ2n) is 6.78. The fraction of sp³-hybridized carbons (Fsp3) is 0.526. The van der Waals surface area contributed by atoms with Gasteiger partial charge in [-0.15, -0.1) is 0 Å². The lowest BCUT2D eigenvalue weighted by Gasteiger charge is -2.25. The van der Waals surface area contributed by atoms with E-state index >= 15 is 0 Å². The first-order valence-electron chi connectivity index (χ1n) is 9.31. The van der Waals surface area contributed by atoms with Gasteiger partial charge in [0.05, 0.1) is 25.3 Å². The van der Waals surface area contributed by atoms with Crippen LogP contribution < -0.4 is 4.74 Å². The highest BCUT2D eigenvalue weighted by atomic mass is 32.2. The number of ether oxygens (including phenoxy) is 2. The van der Waals surface area contributed by atoms with Crippen LogP contribution in [-0.4, -0.2) is 45.4 Å². The Kier molecular flexibility index (Phi) is 4.86. The second kappa shape index (κ2) is 7.16. The van der Waals surface area contributed by atoms with Crippen LogP contribution in [0.2, 0.25) is 0 Å². The van der Waals surface area contributed by atoms with Crippen molar-refractivity contribution in [3.05, 3.63) is 18.2 Å². The van der Waals surface area contributed by atoms with Crippen molar-refractivity contribution in [2.24, 2.45) is 4.99 Å². The van der Waals surface area contributed by atoms with Gasteiger partial charge in [0, 0.05) is 0 Å². The summed E-state index contributed by atoms with van der Waals surface area (Å²) in [6.45, 7) is 1.89. The number of fused-ring (bicyclic) bond motifs is 3. The van der Waals surface area contributed by atoms with E-state index in [0.29, 0.717) is 27.0 Å². The molecule has 4 rings (SSSR count). The minimum atomic E-state index is -1.99. The first-order valence-corrected chi connectivity index (χ1v) is 10.1. The van der Waals surface area contributed by atoms with Crippen LogP contribution in [0.4, 0.5) is 0 Å². The van der Waals surface area contributed by atoms with Gasteiger partial charge >= 0.3 is 5.97 Å². The van der Waals surface area contributed by atoms with Gasteiger partial charge in [0.1, 0.15) is 16.3 Å². The fourth-order valence-electron chi connectivity index (χ4n) is 3.75. The molecule has 0 spiro atoms. The average molecular weight is 389 g/mol. The predicted octanol–water partition coefficient (Wildman–Crippen LogP) is 3.09. The Labute approximate surface area is 161 Å². The SMILES string of the molecule is CCOC(=O)C1(O)C(=NC2CCCCC2)Sc2nc3c(OC)cccc3n21. The molecule has 1 aliphatic carbocycles. The molecular weight excluding hydrogens is 366 g/mol. The fourth-order valence-corrected chi connectivity index (χ4v) is 4.90. The van der Waals surface area contributed by atoms with Crippen LogP contribution in [0, 0.1) is 0 Å². The van der Waals surface area contributed by atoms with E-state index in [-0.39, 0.29) is 12.6 Å². The summed E-state index contributed by atoms with van der Waals surface area (Å²) >= 11 is 1.23. The predicted molar refractivity (Wildman–Crippen MR) is 103 cm³/mol. The molecule has 27 heavy (non-hydrogen) atoms. The highest BCUT2D eigenvalue weighted by Crippen LogP contribution is 2.44. The van der Waals surface area contributed by atoms with Crippen LogP contribution in [0.5, 0.6) is 5.75 Å². The van der Waals surface area contributed by atoms with E-state index in [9.17, 15) is 9.90 Å². The van der Waals surface area contributed by atoms with Gasteiger partial charge in [0.25, 0.3) is 5.72 Å². The number of imidazole rings is 1. The Bertz CT molecular complexity index is 904. The molecule has 1 saturated carbocycles. The molecular formula is C19H23N3O4S. The maximum atomic E-state index is 12.8. The zero-order valence-electron chi connectivity index (χ0n) is 15.5. The molecule has 0 bridgehead atoms. The van der Waals surface area contributed by atoms with Crippen molar-refractivity contribution in [1.82, 2.24) is 9.55 Å². The number of carbonyl (C=O) groups is 1. The number of hydrogen-bond donors (Lipinski definition) is 1. The summed E-state index contributed by atoms with van der Waals surface area (Å²) < 4.78 is 12.1. The Morgan fingerprint density at radius 1 is 1.41 bits per heavy atom. The van der Waals surface area contributed by atoms with Crippen molar-refractivity contribution in [3.8, 4) is 5.75 Å². The molecule has 1 atom stereocenters. The molecule has 0 radical (unpaired) electrons. The molecule has 2 heterocycles. The van der Waals surface area contributed by atoms with Crippen molar-refractivity contribution < 1.29 is 19.4 Å². The lowest BCUT2D eigenvalue weighted by Crippen LogP contribution is -2.46. The number of rotatable bonds is 4. The monoisotopic (exact) mass is 389 g/mol. The molecule has 1 fully saturated rings. The lowest BCUT2D eigenvalue weighted by atomic mass is 9.96. The van der Waals surface area contributed by atoms with Crippen LogP contribution >= 0.6 is 11.8 Å². The van der Waals surface area contributed by atoms with Crippen molar-refractivity contribution in [1.29, 1.82) is 0 Å². The Morgan fingerprint density at radius 2 is 2.19 bits per heavy atom. The zero-order chi connectivity index (χ0) is 19.0. The Morgan fingerprint density at radius 3 is 2.89 bits per heavy atom. The van der Waals surface area contributed by atoms with Gasteiger partial charge in [-0.2, -0.15) is 0 Å². The number of benzene rings is 1. The average Bonchev–Trinajstić information content (AvgIpc) is 3.18. The molecule has 1 aliphatic heterocycles. The van der Waals surface area contributed by atoms with Gasteiger partial charge in [0.2, 0.25) is 0 Å². The van der Waals surface area contributed by atoms with Gasteiger partial charge in [-0.1, -0.05) is 25.3 Å². The summed E-state index contributed by atoms with van der Waals surface area (Å²) in [7, 11) is 1.57. The third-order valence-electron chi connectivity index (χ3n) is 5.08.